The average Bonchev–Trinajstić information content (AvgIpc) is 2.45. The summed E-state index contributed by atoms with van der Waals surface area (Å²) >= 11 is 0. The average molecular weight is 282 g/mol. The third kappa shape index (κ3) is 3.53. The standard InChI is InChI=1S/C13H9F3N2O2/c14-13(15,16)10-2-1-3-11(4-10)20-8-12-17-5-9(7-19)6-18-12/h1-7H,8H2. The molecular weight excluding hydrogens is 273 g/mol. The third-order valence-electron chi connectivity index (χ3n) is 2.39. The van der Waals surface area contributed by atoms with Gasteiger partial charge in [-0.25, -0.2) is 9.97 Å². The molecule has 0 saturated carbocycles. The highest BCUT2D eigenvalue weighted by Gasteiger charge is 2.30. The van der Waals surface area contributed by atoms with Gasteiger partial charge in [-0.15, -0.1) is 0 Å². The van der Waals surface area contributed by atoms with Crippen molar-refractivity contribution in [3.8, 4) is 5.75 Å². The Morgan fingerprint density at radius 2 is 1.90 bits per heavy atom. The molecular formula is C13H9F3N2O2. The number of aromatic nitrogens is 2. The first-order chi connectivity index (χ1) is 9.49. The molecule has 0 saturated heterocycles. The molecule has 0 N–H and O–H groups in total. The Balaban J connectivity index is 2.05. The van der Waals surface area contributed by atoms with Gasteiger partial charge in [-0.3, -0.25) is 4.79 Å². The van der Waals surface area contributed by atoms with Crippen LogP contribution in [0, 0.1) is 0 Å². The molecule has 2 rings (SSSR count). The zero-order valence-electron chi connectivity index (χ0n) is 10.1. The predicted octanol–water partition coefficient (Wildman–Crippen LogP) is 2.89. The van der Waals surface area contributed by atoms with Crippen molar-refractivity contribution in [2.75, 3.05) is 0 Å². The summed E-state index contributed by atoms with van der Waals surface area (Å²) in [6, 6.07) is 4.53. The lowest BCUT2D eigenvalue weighted by atomic mass is 10.2. The summed E-state index contributed by atoms with van der Waals surface area (Å²) in [5.41, 5.74) is -0.472. The number of ether oxygens (including phenoxy) is 1. The molecule has 1 aromatic carbocycles. The van der Waals surface area contributed by atoms with E-state index in [1.54, 1.807) is 0 Å². The van der Waals surface area contributed by atoms with Crippen LogP contribution in [0.2, 0.25) is 0 Å². The maximum absolute atomic E-state index is 12.5. The van der Waals surface area contributed by atoms with E-state index in [1.807, 2.05) is 0 Å². The fraction of sp³-hybridized carbons (Fsp3) is 0.154. The van der Waals surface area contributed by atoms with Gasteiger partial charge in [0.25, 0.3) is 0 Å². The Morgan fingerprint density at radius 1 is 1.20 bits per heavy atom. The van der Waals surface area contributed by atoms with Gasteiger partial charge in [0.1, 0.15) is 12.4 Å². The van der Waals surface area contributed by atoms with E-state index in [-0.39, 0.29) is 18.2 Å². The summed E-state index contributed by atoms with van der Waals surface area (Å²) in [7, 11) is 0. The lowest BCUT2D eigenvalue weighted by molar-refractivity contribution is -0.137. The van der Waals surface area contributed by atoms with Gasteiger partial charge in [0.2, 0.25) is 0 Å². The van der Waals surface area contributed by atoms with Crippen LogP contribution >= 0.6 is 0 Å². The van der Waals surface area contributed by atoms with Crippen LogP contribution in [0.25, 0.3) is 0 Å². The molecule has 104 valence electrons. The van der Waals surface area contributed by atoms with Crippen LogP contribution in [0.3, 0.4) is 0 Å². The maximum atomic E-state index is 12.5. The molecule has 0 aliphatic rings. The van der Waals surface area contributed by atoms with E-state index in [1.165, 1.54) is 24.5 Å². The number of carbonyl (C=O) groups is 1. The van der Waals surface area contributed by atoms with E-state index in [4.69, 9.17) is 4.74 Å². The number of rotatable bonds is 4. The molecule has 0 spiro atoms. The first-order valence-electron chi connectivity index (χ1n) is 5.55. The van der Waals surface area contributed by atoms with Crippen molar-refractivity contribution in [1.29, 1.82) is 0 Å². The third-order valence-corrected chi connectivity index (χ3v) is 2.39. The van der Waals surface area contributed by atoms with Crippen molar-refractivity contribution in [1.82, 2.24) is 9.97 Å². The summed E-state index contributed by atoms with van der Waals surface area (Å²) in [5.74, 6) is 0.343. The number of carbonyl (C=O) groups excluding carboxylic acids is 1. The molecule has 0 aliphatic heterocycles. The van der Waals surface area contributed by atoms with Crippen LogP contribution < -0.4 is 4.74 Å². The van der Waals surface area contributed by atoms with Crippen molar-refractivity contribution < 1.29 is 22.7 Å². The zero-order valence-corrected chi connectivity index (χ0v) is 10.1. The topological polar surface area (TPSA) is 52.1 Å². The Kier molecular flexibility index (Phi) is 3.97. The normalized spacial score (nSPS) is 11.2. The van der Waals surface area contributed by atoms with Gasteiger partial charge in [0, 0.05) is 12.4 Å². The summed E-state index contributed by atoms with van der Waals surface area (Å²) < 4.78 is 42.7. The first-order valence-corrected chi connectivity index (χ1v) is 5.55. The monoisotopic (exact) mass is 282 g/mol. The number of halogens is 3. The van der Waals surface area contributed by atoms with E-state index in [9.17, 15) is 18.0 Å². The summed E-state index contributed by atoms with van der Waals surface area (Å²) in [6.45, 7) is -0.0829. The number of hydrogen-bond donors (Lipinski definition) is 0. The summed E-state index contributed by atoms with van der Waals surface area (Å²) in [4.78, 5) is 18.1. The molecule has 0 aliphatic carbocycles. The highest BCUT2D eigenvalue weighted by Crippen LogP contribution is 2.31. The zero-order chi connectivity index (χ0) is 14.6. The van der Waals surface area contributed by atoms with Crippen molar-refractivity contribution in [3.63, 3.8) is 0 Å². The number of alkyl halides is 3. The Hall–Kier alpha value is -2.44. The Morgan fingerprint density at radius 3 is 2.50 bits per heavy atom. The highest BCUT2D eigenvalue weighted by atomic mass is 19.4. The number of hydrogen-bond acceptors (Lipinski definition) is 4. The molecule has 0 bridgehead atoms. The molecule has 4 nitrogen and oxygen atoms in total. The number of aldehydes is 1. The van der Waals surface area contributed by atoms with Crippen molar-refractivity contribution in [2.24, 2.45) is 0 Å². The van der Waals surface area contributed by atoms with Crippen LogP contribution in [0.15, 0.2) is 36.7 Å². The van der Waals surface area contributed by atoms with Crippen LogP contribution in [0.4, 0.5) is 13.2 Å². The molecule has 0 amide bonds. The Labute approximate surface area is 112 Å². The highest BCUT2D eigenvalue weighted by molar-refractivity contribution is 5.73. The molecule has 2 aromatic rings. The van der Waals surface area contributed by atoms with E-state index in [0.29, 0.717) is 11.8 Å². The van der Waals surface area contributed by atoms with Crippen molar-refractivity contribution in [2.45, 2.75) is 12.8 Å². The van der Waals surface area contributed by atoms with Gasteiger partial charge in [-0.1, -0.05) is 6.07 Å². The minimum absolute atomic E-state index is 0.0721. The van der Waals surface area contributed by atoms with Crippen LogP contribution in [0.1, 0.15) is 21.7 Å². The van der Waals surface area contributed by atoms with E-state index < -0.39 is 11.7 Å². The second-order valence-corrected chi connectivity index (χ2v) is 3.86. The van der Waals surface area contributed by atoms with Gasteiger partial charge in [0.05, 0.1) is 11.1 Å². The van der Waals surface area contributed by atoms with E-state index in [2.05, 4.69) is 9.97 Å². The minimum atomic E-state index is -4.42. The van der Waals surface area contributed by atoms with Gasteiger partial charge in [-0.2, -0.15) is 13.2 Å². The van der Waals surface area contributed by atoms with E-state index >= 15 is 0 Å². The first kappa shape index (κ1) is 14.0. The van der Waals surface area contributed by atoms with Gasteiger partial charge < -0.3 is 4.74 Å². The number of nitrogens with zero attached hydrogens (tertiary/aromatic N) is 2. The smallest absolute Gasteiger partial charge is 0.416 e. The molecule has 7 heteroatoms. The largest absolute Gasteiger partial charge is 0.486 e. The summed E-state index contributed by atoms with van der Waals surface area (Å²) in [6.07, 6.45) is -1.20. The van der Waals surface area contributed by atoms with Crippen LogP contribution in [-0.2, 0) is 12.8 Å². The SMILES string of the molecule is O=Cc1cnc(COc2cccc(C(F)(F)F)c2)nc1. The Bertz CT molecular complexity index is 597. The molecule has 0 unspecified atom stereocenters. The summed E-state index contributed by atoms with van der Waals surface area (Å²) in [5, 5.41) is 0. The fourth-order valence-electron chi connectivity index (χ4n) is 1.41. The molecule has 0 radical (unpaired) electrons. The maximum Gasteiger partial charge on any atom is 0.416 e. The second-order valence-electron chi connectivity index (χ2n) is 3.86. The van der Waals surface area contributed by atoms with Crippen LogP contribution in [-0.4, -0.2) is 16.3 Å². The predicted molar refractivity (Wildman–Crippen MR) is 63.2 cm³/mol. The molecule has 20 heavy (non-hydrogen) atoms. The lowest BCUT2D eigenvalue weighted by Gasteiger charge is -2.09. The van der Waals surface area contributed by atoms with Gasteiger partial charge >= 0.3 is 6.18 Å². The van der Waals surface area contributed by atoms with E-state index in [0.717, 1.165) is 12.1 Å². The lowest BCUT2D eigenvalue weighted by Crippen LogP contribution is -2.06. The second kappa shape index (κ2) is 5.68. The molecule has 1 aromatic heterocycles. The fourth-order valence-corrected chi connectivity index (χ4v) is 1.41. The molecule has 0 atom stereocenters. The molecule has 0 fully saturated rings. The van der Waals surface area contributed by atoms with Gasteiger partial charge in [0.15, 0.2) is 12.1 Å². The van der Waals surface area contributed by atoms with Crippen molar-refractivity contribution in [3.05, 3.63) is 53.6 Å². The van der Waals surface area contributed by atoms with Gasteiger partial charge in [-0.05, 0) is 18.2 Å². The van der Waals surface area contributed by atoms with Crippen molar-refractivity contribution >= 4 is 6.29 Å². The quantitative estimate of drug-likeness (QED) is 0.809. The molecule has 1 heterocycles. The minimum Gasteiger partial charge on any atom is -0.486 e. The van der Waals surface area contributed by atoms with Crippen LogP contribution in [0.5, 0.6) is 5.75 Å². The number of benzene rings is 1.